The topological polar surface area (TPSA) is 109 Å². The third-order valence-corrected chi connectivity index (χ3v) is 3.32. The zero-order valence-electron chi connectivity index (χ0n) is 15.0. The molecule has 134 valence electrons. The van der Waals surface area contributed by atoms with Crippen LogP contribution in [-0.2, 0) is 4.79 Å². The van der Waals surface area contributed by atoms with Crippen LogP contribution in [0.25, 0.3) is 0 Å². The molecule has 0 radical (unpaired) electrons. The van der Waals surface area contributed by atoms with Crippen molar-refractivity contribution >= 4 is 23.3 Å². The summed E-state index contributed by atoms with van der Waals surface area (Å²) in [5.74, 6) is 0.736. The molecule has 1 heterocycles. The van der Waals surface area contributed by atoms with E-state index >= 15 is 0 Å². The van der Waals surface area contributed by atoms with Crippen LogP contribution in [0.15, 0.2) is 28.8 Å². The molecule has 3 amide bonds. The van der Waals surface area contributed by atoms with E-state index in [-0.39, 0.29) is 5.91 Å². The Morgan fingerprint density at radius 1 is 1.16 bits per heavy atom. The van der Waals surface area contributed by atoms with Gasteiger partial charge in [-0.05, 0) is 32.0 Å². The molecule has 25 heavy (non-hydrogen) atoms. The van der Waals surface area contributed by atoms with Crippen LogP contribution in [0.4, 0.5) is 16.2 Å². The van der Waals surface area contributed by atoms with Gasteiger partial charge in [0.1, 0.15) is 6.04 Å². The number of anilines is 2. The van der Waals surface area contributed by atoms with Crippen LogP contribution in [0.3, 0.4) is 0 Å². The molecule has 0 aliphatic rings. The van der Waals surface area contributed by atoms with Crippen molar-refractivity contribution < 1.29 is 14.1 Å². The zero-order valence-corrected chi connectivity index (χ0v) is 15.0. The summed E-state index contributed by atoms with van der Waals surface area (Å²) >= 11 is 0. The summed E-state index contributed by atoms with van der Waals surface area (Å²) in [4.78, 5) is 28.2. The van der Waals surface area contributed by atoms with Crippen LogP contribution < -0.4 is 16.0 Å². The van der Waals surface area contributed by atoms with E-state index in [1.165, 1.54) is 0 Å². The van der Waals surface area contributed by atoms with E-state index in [0.717, 1.165) is 0 Å². The van der Waals surface area contributed by atoms with Crippen molar-refractivity contribution in [2.75, 3.05) is 10.6 Å². The number of aryl methyl sites for hydroxylation is 1. The third kappa shape index (κ3) is 5.30. The number of urea groups is 1. The lowest BCUT2D eigenvalue weighted by atomic mass is 9.95. The van der Waals surface area contributed by atoms with Gasteiger partial charge >= 0.3 is 6.03 Å². The standard InChI is InChI=1S/C17H23N5O3/c1-10(14-19-11(2)22-25-14)18-16(24)21-13-8-6-7-12(9-13)20-15(23)17(3,4)5/h6-10H,1-5H3,(H,20,23)(H2,18,21,24). The summed E-state index contributed by atoms with van der Waals surface area (Å²) in [6, 6.07) is 6.08. The first-order valence-electron chi connectivity index (χ1n) is 7.94. The monoisotopic (exact) mass is 345 g/mol. The van der Waals surface area contributed by atoms with Crippen LogP contribution in [0.1, 0.15) is 45.5 Å². The number of aromatic nitrogens is 2. The van der Waals surface area contributed by atoms with Crippen molar-refractivity contribution in [3.05, 3.63) is 36.0 Å². The van der Waals surface area contributed by atoms with Gasteiger partial charge in [-0.1, -0.05) is 32.0 Å². The Labute approximate surface area is 146 Å². The predicted molar refractivity (Wildman–Crippen MR) is 94.1 cm³/mol. The quantitative estimate of drug-likeness (QED) is 0.788. The second kappa shape index (κ2) is 7.33. The summed E-state index contributed by atoms with van der Waals surface area (Å²) in [6.45, 7) is 8.94. The maximum absolute atomic E-state index is 12.1. The van der Waals surface area contributed by atoms with Gasteiger partial charge < -0.3 is 20.5 Å². The van der Waals surface area contributed by atoms with E-state index < -0.39 is 17.5 Å². The largest absolute Gasteiger partial charge is 0.337 e. The van der Waals surface area contributed by atoms with Gasteiger partial charge in [-0.2, -0.15) is 4.98 Å². The fraction of sp³-hybridized carbons (Fsp3) is 0.412. The van der Waals surface area contributed by atoms with Gasteiger partial charge in [-0.3, -0.25) is 4.79 Å². The van der Waals surface area contributed by atoms with E-state index in [1.54, 1.807) is 38.1 Å². The highest BCUT2D eigenvalue weighted by atomic mass is 16.5. The first-order valence-corrected chi connectivity index (χ1v) is 7.94. The number of hydrogen-bond donors (Lipinski definition) is 3. The molecule has 0 fully saturated rings. The molecule has 1 aromatic heterocycles. The Kier molecular flexibility index (Phi) is 5.41. The molecule has 0 aliphatic heterocycles. The summed E-state index contributed by atoms with van der Waals surface area (Å²) in [6.07, 6.45) is 0. The fourth-order valence-corrected chi connectivity index (χ4v) is 1.91. The average molecular weight is 345 g/mol. The Balaban J connectivity index is 1.97. The number of nitrogens with one attached hydrogen (secondary N) is 3. The lowest BCUT2D eigenvalue weighted by Crippen LogP contribution is -2.31. The Morgan fingerprint density at radius 3 is 2.36 bits per heavy atom. The molecule has 2 rings (SSSR count). The van der Waals surface area contributed by atoms with Gasteiger partial charge in [-0.15, -0.1) is 0 Å². The number of nitrogens with zero attached hydrogens (tertiary/aromatic N) is 2. The summed E-state index contributed by atoms with van der Waals surface area (Å²) in [5.41, 5.74) is 0.662. The second-order valence-corrected chi connectivity index (χ2v) is 6.78. The highest BCUT2D eigenvalue weighted by Gasteiger charge is 2.21. The van der Waals surface area contributed by atoms with Crippen molar-refractivity contribution in [3.63, 3.8) is 0 Å². The van der Waals surface area contributed by atoms with Crippen molar-refractivity contribution in [1.82, 2.24) is 15.5 Å². The van der Waals surface area contributed by atoms with Gasteiger partial charge in [-0.25, -0.2) is 4.79 Å². The molecule has 1 unspecified atom stereocenters. The zero-order chi connectivity index (χ0) is 18.6. The van der Waals surface area contributed by atoms with Crippen molar-refractivity contribution in [3.8, 4) is 0 Å². The maximum atomic E-state index is 12.1. The van der Waals surface area contributed by atoms with Crippen molar-refractivity contribution in [1.29, 1.82) is 0 Å². The molecule has 0 spiro atoms. The van der Waals surface area contributed by atoms with Gasteiger partial charge in [0.25, 0.3) is 0 Å². The van der Waals surface area contributed by atoms with Gasteiger partial charge in [0.2, 0.25) is 11.8 Å². The number of carbonyl (C=O) groups excluding carboxylic acids is 2. The van der Waals surface area contributed by atoms with Gasteiger partial charge in [0, 0.05) is 16.8 Å². The summed E-state index contributed by atoms with van der Waals surface area (Å²) < 4.78 is 5.02. The van der Waals surface area contributed by atoms with Gasteiger partial charge in [0.15, 0.2) is 5.82 Å². The van der Waals surface area contributed by atoms with Crippen LogP contribution in [0.5, 0.6) is 0 Å². The normalized spacial score (nSPS) is 12.4. The average Bonchev–Trinajstić information content (AvgIpc) is 2.93. The predicted octanol–water partition coefficient (Wildman–Crippen LogP) is 3.25. The second-order valence-electron chi connectivity index (χ2n) is 6.78. The molecule has 3 N–H and O–H groups in total. The van der Waals surface area contributed by atoms with E-state index in [2.05, 4.69) is 26.1 Å². The molecular weight excluding hydrogens is 322 g/mol. The highest BCUT2D eigenvalue weighted by molar-refractivity contribution is 5.96. The number of amides is 3. The van der Waals surface area contributed by atoms with E-state index in [0.29, 0.717) is 23.1 Å². The molecule has 8 nitrogen and oxygen atoms in total. The van der Waals surface area contributed by atoms with E-state index in [1.807, 2.05) is 20.8 Å². The van der Waals surface area contributed by atoms with Crippen LogP contribution in [0, 0.1) is 12.3 Å². The molecule has 8 heteroatoms. The maximum Gasteiger partial charge on any atom is 0.319 e. The molecule has 0 aliphatic carbocycles. The number of carbonyl (C=O) groups is 2. The number of hydrogen-bond acceptors (Lipinski definition) is 5. The number of rotatable bonds is 4. The van der Waals surface area contributed by atoms with Crippen LogP contribution >= 0.6 is 0 Å². The molecule has 1 atom stereocenters. The van der Waals surface area contributed by atoms with Crippen molar-refractivity contribution in [2.24, 2.45) is 5.41 Å². The minimum Gasteiger partial charge on any atom is -0.337 e. The fourth-order valence-electron chi connectivity index (χ4n) is 1.91. The van der Waals surface area contributed by atoms with Crippen LogP contribution in [-0.4, -0.2) is 22.1 Å². The number of benzene rings is 1. The first kappa shape index (κ1) is 18.4. The Hall–Kier alpha value is -2.90. The van der Waals surface area contributed by atoms with Gasteiger partial charge in [0.05, 0.1) is 0 Å². The lowest BCUT2D eigenvalue weighted by molar-refractivity contribution is -0.123. The first-order chi connectivity index (χ1) is 11.6. The molecule has 0 saturated carbocycles. The highest BCUT2D eigenvalue weighted by Crippen LogP contribution is 2.20. The van der Waals surface area contributed by atoms with Crippen molar-refractivity contribution in [2.45, 2.75) is 40.7 Å². The van der Waals surface area contributed by atoms with Crippen LogP contribution in [0.2, 0.25) is 0 Å². The molecule has 0 bridgehead atoms. The smallest absolute Gasteiger partial charge is 0.319 e. The lowest BCUT2D eigenvalue weighted by Gasteiger charge is -2.18. The molecule has 1 aromatic carbocycles. The molecule has 2 aromatic rings. The van der Waals surface area contributed by atoms with E-state index in [9.17, 15) is 9.59 Å². The summed E-state index contributed by atoms with van der Waals surface area (Å²) in [5, 5.41) is 11.9. The SMILES string of the molecule is Cc1noc(C(C)NC(=O)Nc2cccc(NC(=O)C(C)(C)C)c2)n1. The Morgan fingerprint density at radius 2 is 1.80 bits per heavy atom. The molecule has 0 saturated heterocycles. The third-order valence-electron chi connectivity index (χ3n) is 3.32. The molecular formula is C17H23N5O3. The Bertz CT molecular complexity index is 764. The summed E-state index contributed by atoms with van der Waals surface area (Å²) in [7, 11) is 0. The minimum absolute atomic E-state index is 0.102. The minimum atomic E-state index is -0.502. The van der Waals surface area contributed by atoms with E-state index in [4.69, 9.17) is 4.52 Å².